The number of anilines is 2. The third-order valence-electron chi connectivity index (χ3n) is 4.57. The second-order valence-corrected chi connectivity index (χ2v) is 6.35. The maximum absolute atomic E-state index is 13.6. The van der Waals surface area contributed by atoms with E-state index < -0.39 is 17.6 Å². The molecule has 0 bridgehead atoms. The van der Waals surface area contributed by atoms with Gasteiger partial charge in [-0.2, -0.15) is 13.2 Å². The van der Waals surface area contributed by atoms with E-state index in [4.69, 9.17) is 14.2 Å². The number of hydrogen-bond acceptors (Lipinski definition) is 5. The Bertz CT molecular complexity index is 895. The molecular weight excluding hydrogens is 377 g/mol. The minimum atomic E-state index is -4.61. The van der Waals surface area contributed by atoms with Crippen molar-refractivity contribution in [2.24, 2.45) is 0 Å². The largest absolute Gasteiger partial charge is 0.454 e. The van der Waals surface area contributed by atoms with Crippen LogP contribution in [0, 0.1) is 0 Å². The Morgan fingerprint density at radius 3 is 2.50 bits per heavy atom. The fraction of sp³-hybridized carbons (Fsp3) is 0.316. The smallest absolute Gasteiger partial charge is 0.418 e. The molecule has 0 atom stereocenters. The highest BCUT2D eigenvalue weighted by Gasteiger charge is 2.35. The highest BCUT2D eigenvalue weighted by molar-refractivity contribution is 6.05. The topological polar surface area (TPSA) is 60.0 Å². The Labute approximate surface area is 158 Å². The zero-order chi connectivity index (χ0) is 19.7. The first-order valence-electron chi connectivity index (χ1n) is 8.67. The number of amides is 1. The van der Waals surface area contributed by atoms with Gasteiger partial charge in [0.25, 0.3) is 5.91 Å². The van der Waals surface area contributed by atoms with Crippen molar-refractivity contribution in [1.82, 2.24) is 0 Å². The van der Waals surface area contributed by atoms with Crippen LogP contribution < -0.4 is 19.7 Å². The van der Waals surface area contributed by atoms with Crippen molar-refractivity contribution in [1.29, 1.82) is 0 Å². The Hall–Kier alpha value is -2.94. The van der Waals surface area contributed by atoms with Gasteiger partial charge in [0.05, 0.1) is 24.5 Å². The van der Waals surface area contributed by atoms with Crippen LogP contribution in [0.1, 0.15) is 15.9 Å². The molecule has 9 heteroatoms. The molecule has 148 valence electrons. The molecule has 0 unspecified atom stereocenters. The summed E-state index contributed by atoms with van der Waals surface area (Å²) in [5.74, 6) is 0.205. The van der Waals surface area contributed by atoms with Crippen molar-refractivity contribution in [3.05, 3.63) is 47.5 Å². The van der Waals surface area contributed by atoms with E-state index in [0.29, 0.717) is 43.5 Å². The number of ether oxygens (including phenoxy) is 3. The van der Waals surface area contributed by atoms with Crippen LogP contribution in [0.5, 0.6) is 11.5 Å². The molecule has 1 amide bonds. The fourth-order valence-corrected chi connectivity index (χ4v) is 3.13. The first-order chi connectivity index (χ1) is 13.4. The number of carbonyl (C=O) groups is 1. The van der Waals surface area contributed by atoms with E-state index >= 15 is 0 Å². The molecule has 28 heavy (non-hydrogen) atoms. The maximum Gasteiger partial charge on any atom is 0.418 e. The number of fused-ring (bicyclic) bond motifs is 1. The van der Waals surface area contributed by atoms with Crippen molar-refractivity contribution < 1.29 is 32.2 Å². The van der Waals surface area contributed by atoms with Crippen LogP contribution in [0.15, 0.2) is 36.4 Å². The lowest BCUT2D eigenvalue weighted by atomic mass is 10.1. The van der Waals surface area contributed by atoms with Gasteiger partial charge < -0.3 is 24.4 Å². The highest BCUT2D eigenvalue weighted by Crippen LogP contribution is 2.38. The summed E-state index contributed by atoms with van der Waals surface area (Å²) in [7, 11) is 0. The zero-order valence-corrected chi connectivity index (χ0v) is 14.7. The van der Waals surface area contributed by atoms with Crippen LogP contribution in [0.2, 0.25) is 0 Å². The van der Waals surface area contributed by atoms with Crippen LogP contribution in [0.3, 0.4) is 0 Å². The molecule has 0 aliphatic carbocycles. The number of rotatable bonds is 3. The second-order valence-electron chi connectivity index (χ2n) is 6.35. The van der Waals surface area contributed by atoms with Crippen molar-refractivity contribution in [3.63, 3.8) is 0 Å². The zero-order valence-electron chi connectivity index (χ0n) is 14.7. The van der Waals surface area contributed by atoms with Crippen LogP contribution in [-0.2, 0) is 10.9 Å². The molecule has 4 rings (SSSR count). The number of hydrogen-bond donors (Lipinski definition) is 1. The highest BCUT2D eigenvalue weighted by atomic mass is 19.4. The number of alkyl halides is 3. The SMILES string of the molecule is O=C(Nc1ccc(N2CCOCC2)cc1C(F)(F)F)c1ccc2c(c1)OCO2. The summed E-state index contributed by atoms with van der Waals surface area (Å²) in [5, 5.41) is 2.36. The van der Waals surface area contributed by atoms with Crippen LogP contribution in [0.25, 0.3) is 0 Å². The van der Waals surface area contributed by atoms with E-state index in [9.17, 15) is 18.0 Å². The van der Waals surface area contributed by atoms with Gasteiger partial charge in [-0.3, -0.25) is 4.79 Å². The van der Waals surface area contributed by atoms with Gasteiger partial charge in [-0.15, -0.1) is 0 Å². The molecule has 1 fully saturated rings. The lowest BCUT2D eigenvalue weighted by Gasteiger charge is -2.29. The summed E-state index contributed by atoms with van der Waals surface area (Å²) in [6.07, 6.45) is -4.61. The Kier molecular flexibility index (Phi) is 4.76. The van der Waals surface area contributed by atoms with Gasteiger partial charge >= 0.3 is 6.18 Å². The quantitative estimate of drug-likeness (QED) is 0.863. The standard InChI is InChI=1S/C19H17F3N2O4/c20-19(21,22)14-10-13(24-5-7-26-8-6-24)2-3-15(14)23-18(25)12-1-4-16-17(9-12)28-11-27-16/h1-4,9-10H,5-8,11H2,(H,23,25). The Morgan fingerprint density at radius 1 is 1.00 bits per heavy atom. The summed E-state index contributed by atoms with van der Waals surface area (Å²) in [6, 6.07) is 8.35. The summed E-state index contributed by atoms with van der Waals surface area (Å²) in [4.78, 5) is 14.3. The summed E-state index contributed by atoms with van der Waals surface area (Å²) < 4.78 is 56.4. The molecule has 0 aromatic heterocycles. The Morgan fingerprint density at radius 2 is 1.75 bits per heavy atom. The third kappa shape index (κ3) is 3.70. The van der Waals surface area contributed by atoms with Gasteiger partial charge in [0.1, 0.15) is 0 Å². The molecule has 1 N–H and O–H groups in total. The van der Waals surface area contributed by atoms with Crippen molar-refractivity contribution in [3.8, 4) is 11.5 Å². The van der Waals surface area contributed by atoms with Gasteiger partial charge in [-0.05, 0) is 36.4 Å². The lowest BCUT2D eigenvalue weighted by molar-refractivity contribution is -0.136. The summed E-state index contributed by atoms with van der Waals surface area (Å²) >= 11 is 0. The van der Waals surface area contributed by atoms with E-state index in [1.54, 1.807) is 12.1 Å². The molecular formula is C19H17F3N2O4. The fourth-order valence-electron chi connectivity index (χ4n) is 3.13. The minimum Gasteiger partial charge on any atom is -0.454 e. The number of carbonyl (C=O) groups excluding carboxylic acids is 1. The van der Waals surface area contributed by atoms with Crippen LogP contribution >= 0.6 is 0 Å². The van der Waals surface area contributed by atoms with Gasteiger partial charge in [-0.25, -0.2) is 0 Å². The predicted octanol–water partition coefficient (Wildman–Crippen LogP) is 3.52. The maximum atomic E-state index is 13.6. The minimum absolute atomic E-state index is 0.0433. The molecule has 2 aromatic carbocycles. The average molecular weight is 394 g/mol. The Balaban J connectivity index is 1.60. The van der Waals surface area contributed by atoms with E-state index in [-0.39, 0.29) is 18.0 Å². The first kappa shape index (κ1) is 18.4. The van der Waals surface area contributed by atoms with Crippen molar-refractivity contribution >= 4 is 17.3 Å². The van der Waals surface area contributed by atoms with E-state index in [0.717, 1.165) is 6.07 Å². The molecule has 2 heterocycles. The first-order valence-corrected chi connectivity index (χ1v) is 8.67. The molecule has 0 spiro atoms. The number of benzene rings is 2. The summed E-state index contributed by atoms with van der Waals surface area (Å²) in [6.45, 7) is 2.00. The summed E-state index contributed by atoms with van der Waals surface area (Å²) in [5.41, 5.74) is -0.580. The van der Waals surface area contributed by atoms with Gasteiger partial charge in [0.15, 0.2) is 11.5 Å². The molecule has 6 nitrogen and oxygen atoms in total. The van der Waals surface area contributed by atoms with Gasteiger partial charge in [0.2, 0.25) is 6.79 Å². The molecule has 0 saturated carbocycles. The molecule has 1 saturated heterocycles. The van der Waals surface area contributed by atoms with Crippen molar-refractivity contribution in [2.45, 2.75) is 6.18 Å². The molecule has 2 aromatic rings. The normalized spacial score (nSPS) is 16.2. The molecule has 0 radical (unpaired) electrons. The predicted molar refractivity (Wildman–Crippen MR) is 95.0 cm³/mol. The lowest BCUT2D eigenvalue weighted by Crippen LogP contribution is -2.36. The van der Waals surface area contributed by atoms with Crippen molar-refractivity contribution in [2.75, 3.05) is 43.3 Å². The molecule has 2 aliphatic heterocycles. The van der Waals surface area contributed by atoms with E-state index in [1.807, 2.05) is 4.90 Å². The van der Waals surface area contributed by atoms with E-state index in [1.165, 1.54) is 18.2 Å². The number of nitrogens with one attached hydrogen (secondary N) is 1. The van der Waals surface area contributed by atoms with Gasteiger partial charge in [0, 0.05) is 24.3 Å². The number of morpholine rings is 1. The van der Waals surface area contributed by atoms with E-state index in [2.05, 4.69) is 5.32 Å². The average Bonchev–Trinajstić information content (AvgIpc) is 3.16. The monoisotopic (exact) mass is 394 g/mol. The van der Waals surface area contributed by atoms with Crippen LogP contribution in [0.4, 0.5) is 24.5 Å². The number of halogens is 3. The molecule has 2 aliphatic rings. The second kappa shape index (κ2) is 7.23. The van der Waals surface area contributed by atoms with Gasteiger partial charge in [-0.1, -0.05) is 0 Å². The van der Waals surface area contributed by atoms with Crippen LogP contribution in [-0.4, -0.2) is 39.0 Å². The number of nitrogens with zero attached hydrogens (tertiary/aromatic N) is 1. The third-order valence-corrected chi connectivity index (χ3v) is 4.57.